The molecule has 3 unspecified atom stereocenters. The molecule has 42 heavy (non-hydrogen) atoms. The number of benzene rings is 2. The van der Waals surface area contributed by atoms with Gasteiger partial charge in [-0.25, -0.2) is 0 Å². The maximum atomic E-state index is 14.5. The first-order chi connectivity index (χ1) is 20.3. The van der Waals surface area contributed by atoms with Gasteiger partial charge < -0.3 is 52.1 Å². The molecule has 5 rings (SSSR count). The van der Waals surface area contributed by atoms with Crippen molar-refractivity contribution in [2.75, 3.05) is 64.0 Å². The van der Waals surface area contributed by atoms with Gasteiger partial charge in [0.1, 0.15) is 0 Å². The summed E-state index contributed by atoms with van der Waals surface area (Å²) in [7, 11) is 13.4. The average Bonchev–Trinajstić information content (AvgIpc) is 3.03. The van der Waals surface area contributed by atoms with Crippen LogP contribution >= 0.6 is 0 Å². The Bertz CT molecular complexity index is 1430. The van der Waals surface area contributed by atoms with Crippen LogP contribution in [-0.2, 0) is 31.8 Å². The van der Waals surface area contributed by atoms with Gasteiger partial charge in [0.25, 0.3) is 5.79 Å². The van der Waals surface area contributed by atoms with Gasteiger partial charge in [0.05, 0.1) is 62.8 Å². The molecule has 2 heterocycles. The third-order valence-corrected chi connectivity index (χ3v) is 8.30. The van der Waals surface area contributed by atoms with Crippen molar-refractivity contribution < 1.29 is 56.9 Å². The molecular weight excluding hydrogens is 552 g/mol. The number of fused-ring (bicyclic) bond motifs is 4. The molecule has 0 saturated carbocycles. The van der Waals surface area contributed by atoms with E-state index in [9.17, 15) is 4.79 Å². The predicted octanol–water partition coefficient (Wildman–Crippen LogP) is 3.48. The molecule has 12 heteroatoms. The third kappa shape index (κ3) is 3.80. The first-order valence-corrected chi connectivity index (χ1v) is 13.2. The van der Waals surface area contributed by atoms with Crippen molar-refractivity contribution in [3.63, 3.8) is 0 Å². The highest BCUT2D eigenvalue weighted by Crippen LogP contribution is 2.60. The summed E-state index contributed by atoms with van der Waals surface area (Å²) in [6.45, 7) is 0. The number of ether oxygens (including phenoxy) is 11. The lowest BCUT2D eigenvalue weighted by Gasteiger charge is -2.54. The second kappa shape index (κ2) is 10.9. The van der Waals surface area contributed by atoms with E-state index in [-0.39, 0.29) is 24.4 Å². The number of carbonyl (C=O) groups is 1. The Morgan fingerprint density at radius 2 is 1.21 bits per heavy atom. The van der Waals surface area contributed by atoms with Crippen molar-refractivity contribution in [1.82, 2.24) is 0 Å². The standard InChI is InChI=1S/C30H36O12/c1-32-17-12-15-10-11-29(41-20(15)24(36-5)22(17)34-3)19-14-16-13-18(33-2)23(35-4)25(37-6)21(16)42-30(19,40-9)28(39-8)26(38-7)27(29)31/h12-13,19H,10-11,14H2,1-9H3. The fourth-order valence-corrected chi connectivity index (χ4v) is 6.44. The molecule has 0 N–H and O–H groups in total. The Balaban J connectivity index is 1.79. The van der Waals surface area contributed by atoms with Crippen LogP contribution in [0.15, 0.2) is 23.7 Å². The zero-order valence-electron chi connectivity index (χ0n) is 25.3. The first-order valence-electron chi connectivity index (χ1n) is 13.2. The van der Waals surface area contributed by atoms with Crippen LogP contribution in [0.4, 0.5) is 0 Å². The van der Waals surface area contributed by atoms with Crippen molar-refractivity contribution in [3.8, 4) is 46.0 Å². The molecule has 0 amide bonds. The van der Waals surface area contributed by atoms with Crippen LogP contribution in [0, 0.1) is 5.92 Å². The number of ketones is 1. The quantitative estimate of drug-likeness (QED) is 0.427. The van der Waals surface area contributed by atoms with Crippen molar-refractivity contribution in [3.05, 3.63) is 34.8 Å². The summed E-state index contributed by atoms with van der Waals surface area (Å²) in [5.74, 6) is 0.0529. The molecule has 0 fully saturated rings. The lowest BCUT2D eigenvalue weighted by atomic mass is 9.65. The van der Waals surface area contributed by atoms with E-state index in [0.29, 0.717) is 58.0 Å². The van der Waals surface area contributed by atoms with Gasteiger partial charge >= 0.3 is 0 Å². The third-order valence-electron chi connectivity index (χ3n) is 8.30. The normalized spacial score (nSPS) is 23.9. The average molecular weight is 589 g/mol. The number of rotatable bonds is 9. The topological polar surface area (TPSA) is 119 Å². The summed E-state index contributed by atoms with van der Waals surface area (Å²) in [5.41, 5.74) is -0.0441. The molecular formula is C30H36O12. The minimum absolute atomic E-state index is 0.0734. The molecule has 228 valence electrons. The van der Waals surface area contributed by atoms with E-state index in [1.807, 2.05) is 6.07 Å². The van der Waals surface area contributed by atoms with Crippen LogP contribution in [0.1, 0.15) is 17.5 Å². The molecule has 12 nitrogen and oxygen atoms in total. The van der Waals surface area contributed by atoms with Gasteiger partial charge in [-0.3, -0.25) is 4.79 Å². The number of carbonyl (C=O) groups excluding carboxylic acids is 1. The summed E-state index contributed by atoms with van der Waals surface area (Å²) in [4.78, 5) is 14.5. The van der Waals surface area contributed by atoms with Gasteiger partial charge in [-0.2, -0.15) is 0 Å². The number of hydrogen-bond acceptors (Lipinski definition) is 12. The van der Waals surface area contributed by atoms with E-state index >= 15 is 0 Å². The number of aryl methyl sites for hydroxylation is 1. The molecule has 1 aliphatic carbocycles. The minimum atomic E-state index is -1.66. The van der Waals surface area contributed by atoms with Crippen LogP contribution < -0.4 is 37.9 Å². The van der Waals surface area contributed by atoms with E-state index < -0.39 is 23.1 Å². The van der Waals surface area contributed by atoms with Crippen molar-refractivity contribution in [2.45, 2.75) is 30.7 Å². The second-order valence-electron chi connectivity index (χ2n) is 9.88. The molecule has 0 aromatic heterocycles. The molecule has 3 atom stereocenters. The van der Waals surface area contributed by atoms with Gasteiger partial charge in [-0.1, -0.05) is 0 Å². The first kappa shape index (κ1) is 29.3. The number of methoxy groups -OCH3 is 9. The summed E-state index contributed by atoms with van der Waals surface area (Å²) in [5, 5.41) is 0. The van der Waals surface area contributed by atoms with Crippen LogP contribution in [-0.4, -0.2) is 81.2 Å². The Morgan fingerprint density at radius 3 is 1.69 bits per heavy atom. The summed E-state index contributed by atoms with van der Waals surface area (Å²) in [6, 6.07) is 3.62. The van der Waals surface area contributed by atoms with Crippen LogP contribution in [0.2, 0.25) is 0 Å². The highest BCUT2D eigenvalue weighted by Gasteiger charge is 2.70. The van der Waals surface area contributed by atoms with Gasteiger partial charge in [-0.05, 0) is 31.4 Å². The largest absolute Gasteiger partial charge is 0.493 e. The predicted molar refractivity (Wildman–Crippen MR) is 147 cm³/mol. The van der Waals surface area contributed by atoms with Crippen LogP contribution in [0.5, 0.6) is 46.0 Å². The fourth-order valence-electron chi connectivity index (χ4n) is 6.44. The second-order valence-corrected chi connectivity index (χ2v) is 9.88. The Kier molecular flexibility index (Phi) is 7.61. The lowest BCUT2D eigenvalue weighted by Crippen LogP contribution is -2.69. The molecule has 0 saturated heterocycles. The van der Waals surface area contributed by atoms with Gasteiger partial charge in [0.15, 0.2) is 28.6 Å². The van der Waals surface area contributed by atoms with E-state index in [0.717, 1.165) is 5.56 Å². The number of hydrogen-bond donors (Lipinski definition) is 0. The van der Waals surface area contributed by atoms with Crippen molar-refractivity contribution in [1.29, 1.82) is 0 Å². The highest BCUT2D eigenvalue weighted by atomic mass is 16.7. The van der Waals surface area contributed by atoms with E-state index in [1.165, 1.54) is 56.9 Å². The molecule has 0 radical (unpaired) electrons. The highest BCUT2D eigenvalue weighted by molar-refractivity contribution is 6.03. The van der Waals surface area contributed by atoms with E-state index in [2.05, 4.69) is 0 Å². The fraction of sp³-hybridized carbons (Fsp3) is 0.500. The molecule has 1 spiro atoms. The Hall–Kier alpha value is -4.19. The molecule has 2 aromatic carbocycles. The van der Waals surface area contributed by atoms with Gasteiger partial charge in [0, 0.05) is 18.2 Å². The monoisotopic (exact) mass is 588 g/mol. The summed E-state index contributed by atoms with van der Waals surface area (Å²) >= 11 is 0. The molecule has 2 aromatic rings. The van der Waals surface area contributed by atoms with Crippen molar-refractivity contribution >= 4 is 5.78 Å². The maximum Gasteiger partial charge on any atom is 0.280 e. The zero-order valence-corrected chi connectivity index (χ0v) is 25.3. The van der Waals surface area contributed by atoms with Gasteiger partial charge in [-0.15, -0.1) is 0 Å². The summed E-state index contributed by atoms with van der Waals surface area (Å²) < 4.78 is 65.0. The molecule has 0 bridgehead atoms. The van der Waals surface area contributed by atoms with Gasteiger partial charge in [0.2, 0.25) is 40.3 Å². The SMILES string of the molecule is COC1=C(OC)C2(OC)Oc3c(cc(OC)c(OC)c3OC)CC2C2(CCc3cc(OC)c(OC)c(OC)c3O2)C1=O. The minimum Gasteiger partial charge on any atom is -0.493 e. The lowest BCUT2D eigenvalue weighted by molar-refractivity contribution is -0.248. The number of Topliss-reactive ketones (excluding diaryl/α,β-unsaturated/α-hetero) is 1. The molecule has 2 aliphatic heterocycles. The Labute approximate surface area is 244 Å². The summed E-state index contributed by atoms with van der Waals surface area (Å²) in [6.07, 6.45) is 0.955. The smallest absolute Gasteiger partial charge is 0.280 e. The van der Waals surface area contributed by atoms with Crippen LogP contribution in [0.3, 0.4) is 0 Å². The molecule has 3 aliphatic rings. The maximum absolute atomic E-state index is 14.5. The zero-order chi connectivity index (χ0) is 30.4. The van der Waals surface area contributed by atoms with Crippen molar-refractivity contribution in [2.24, 2.45) is 5.92 Å². The van der Waals surface area contributed by atoms with Crippen LogP contribution in [0.25, 0.3) is 0 Å². The Morgan fingerprint density at radius 1 is 0.667 bits per heavy atom. The van der Waals surface area contributed by atoms with E-state index in [4.69, 9.17) is 52.1 Å². The van der Waals surface area contributed by atoms with E-state index in [1.54, 1.807) is 13.2 Å².